The van der Waals surface area contributed by atoms with Crippen molar-refractivity contribution in [1.29, 1.82) is 0 Å². The lowest BCUT2D eigenvalue weighted by atomic mass is 10.1. The fraction of sp³-hybridized carbons (Fsp3) is 0.462. The molecule has 0 heterocycles. The highest BCUT2D eigenvalue weighted by atomic mass is 32.2. The molecule has 0 amide bonds. The second-order valence-corrected chi connectivity index (χ2v) is 7.08. The number of hydrogen-bond acceptors (Lipinski definition) is 4. The summed E-state index contributed by atoms with van der Waals surface area (Å²) >= 11 is 0. The van der Waals surface area contributed by atoms with Gasteiger partial charge in [0.15, 0.2) is 0 Å². The predicted octanol–water partition coefficient (Wildman–Crippen LogP) is 1.63. The van der Waals surface area contributed by atoms with Gasteiger partial charge in [-0.2, -0.15) is 0 Å². The van der Waals surface area contributed by atoms with Gasteiger partial charge in [-0.1, -0.05) is 13.8 Å². The van der Waals surface area contributed by atoms with Gasteiger partial charge >= 0.3 is 5.97 Å². The number of rotatable bonds is 6. The molecule has 0 aromatic heterocycles. The lowest BCUT2D eigenvalue weighted by molar-refractivity contribution is 0.0697. The first-order valence-electron chi connectivity index (χ1n) is 6.25. The molecule has 1 aromatic carbocycles. The van der Waals surface area contributed by atoms with Gasteiger partial charge in [0.25, 0.3) is 0 Å². The number of carboxylic acids is 1. The molecule has 0 radical (unpaired) electrons. The molecule has 20 heavy (non-hydrogen) atoms. The molecule has 1 aromatic rings. The molecular weight excluding hydrogens is 280 g/mol. The Balaban J connectivity index is 3.06. The molecule has 1 rings (SSSR count). The average molecular weight is 300 g/mol. The third kappa shape index (κ3) is 3.71. The number of anilines is 1. The lowest BCUT2D eigenvalue weighted by Gasteiger charge is -2.19. The van der Waals surface area contributed by atoms with E-state index >= 15 is 0 Å². The number of nitrogens with two attached hydrogens (primary N) is 1. The minimum atomic E-state index is -3.69. The van der Waals surface area contributed by atoms with Crippen LogP contribution in [-0.2, 0) is 10.0 Å². The molecule has 0 aliphatic heterocycles. The average Bonchev–Trinajstić information content (AvgIpc) is 2.35. The standard InChI is InChI=1S/C13H20N2O4S/c1-9(2)6-7-15(3)20(18,19)12-5-4-10(13(16)17)8-11(12)14/h4-5,8-9H,6-7,14H2,1-3H3,(H,16,17). The smallest absolute Gasteiger partial charge is 0.335 e. The summed E-state index contributed by atoms with van der Waals surface area (Å²) < 4.78 is 25.9. The highest BCUT2D eigenvalue weighted by Crippen LogP contribution is 2.23. The van der Waals surface area contributed by atoms with Crippen LogP contribution in [0.3, 0.4) is 0 Å². The Kier molecular flexibility index (Phi) is 5.13. The Morgan fingerprint density at radius 2 is 2.00 bits per heavy atom. The molecule has 0 fully saturated rings. The quantitative estimate of drug-likeness (QED) is 0.778. The van der Waals surface area contributed by atoms with Crippen molar-refractivity contribution in [3.05, 3.63) is 23.8 Å². The zero-order valence-electron chi connectivity index (χ0n) is 11.8. The van der Waals surface area contributed by atoms with Crippen molar-refractivity contribution in [1.82, 2.24) is 4.31 Å². The first kappa shape index (κ1) is 16.5. The maximum atomic E-state index is 12.3. The van der Waals surface area contributed by atoms with Crippen molar-refractivity contribution < 1.29 is 18.3 Å². The highest BCUT2D eigenvalue weighted by molar-refractivity contribution is 7.89. The van der Waals surface area contributed by atoms with Gasteiger partial charge in [0.05, 0.1) is 11.3 Å². The summed E-state index contributed by atoms with van der Waals surface area (Å²) in [6.07, 6.45) is 0.739. The van der Waals surface area contributed by atoms with E-state index in [9.17, 15) is 13.2 Å². The van der Waals surface area contributed by atoms with E-state index < -0.39 is 16.0 Å². The van der Waals surface area contributed by atoms with E-state index in [-0.39, 0.29) is 16.1 Å². The van der Waals surface area contributed by atoms with Crippen LogP contribution in [0.15, 0.2) is 23.1 Å². The minimum absolute atomic E-state index is 0.0358. The van der Waals surface area contributed by atoms with Gasteiger partial charge in [0, 0.05) is 13.6 Å². The van der Waals surface area contributed by atoms with Gasteiger partial charge in [-0.3, -0.25) is 0 Å². The van der Waals surface area contributed by atoms with Crippen molar-refractivity contribution >= 4 is 21.7 Å². The Hall–Kier alpha value is -1.60. The Morgan fingerprint density at radius 1 is 1.40 bits per heavy atom. The van der Waals surface area contributed by atoms with Crippen molar-refractivity contribution in [3.63, 3.8) is 0 Å². The largest absolute Gasteiger partial charge is 0.478 e. The monoisotopic (exact) mass is 300 g/mol. The Bertz CT molecular complexity index is 596. The second-order valence-electron chi connectivity index (χ2n) is 5.07. The van der Waals surface area contributed by atoms with E-state index in [1.807, 2.05) is 13.8 Å². The van der Waals surface area contributed by atoms with Crippen LogP contribution in [0, 0.1) is 5.92 Å². The van der Waals surface area contributed by atoms with Gasteiger partial charge in [-0.15, -0.1) is 0 Å². The topological polar surface area (TPSA) is 101 Å². The molecule has 0 saturated heterocycles. The number of benzene rings is 1. The van der Waals surface area contributed by atoms with Crippen LogP contribution in [0.4, 0.5) is 5.69 Å². The molecule has 7 heteroatoms. The first-order valence-corrected chi connectivity index (χ1v) is 7.69. The van der Waals surface area contributed by atoms with Gasteiger partial charge < -0.3 is 10.8 Å². The summed E-state index contributed by atoms with van der Waals surface area (Å²) in [5.74, 6) is -0.756. The van der Waals surface area contributed by atoms with Gasteiger partial charge in [-0.25, -0.2) is 17.5 Å². The van der Waals surface area contributed by atoms with Crippen LogP contribution in [0.2, 0.25) is 0 Å². The minimum Gasteiger partial charge on any atom is -0.478 e. The summed E-state index contributed by atoms with van der Waals surface area (Å²) in [5.41, 5.74) is 5.58. The Morgan fingerprint density at radius 3 is 2.45 bits per heavy atom. The van der Waals surface area contributed by atoms with Crippen LogP contribution in [0.1, 0.15) is 30.6 Å². The number of nitrogen functional groups attached to an aromatic ring is 1. The molecular formula is C13H20N2O4S. The molecule has 112 valence electrons. The normalized spacial score (nSPS) is 12.1. The number of sulfonamides is 1. The van der Waals surface area contributed by atoms with Crippen LogP contribution >= 0.6 is 0 Å². The summed E-state index contributed by atoms with van der Waals surface area (Å²) in [6.45, 7) is 4.41. The van der Waals surface area contributed by atoms with Crippen LogP contribution in [0.5, 0.6) is 0 Å². The van der Waals surface area contributed by atoms with Crippen molar-refractivity contribution in [2.45, 2.75) is 25.2 Å². The number of carbonyl (C=O) groups is 1. The van der Waals surface area contributed by atoms with E-state index in [4.69, 9.17) is 10.8 Å². The Labute approximate surface area is 119 Å². The molecule has 0 bridgehead atoms. The van der Waals surface area contributed by atoms with Crippen LogP contribution in [0.25, 0.3) is 0 Å². The first-order chi connectivity index (χ1) is 9.16. The van der Waals surface area contributed by atoms with Crippen molar-refractivity contribution in [3.8, 4) is 0 Å². The molecule has 0 unspecified atom stereocenters. The van der Waals surface area contributed by atoms with E-state index in [0.29, 0.717) is 12.5 Å². The molecule has 0 saturated carbocycles. The fourth-order valence-electron chi connectivity index (χ4n) is 1.64. The lowest BCUT2D eigenvalue weighted by Crippen LogP contribution is -2.29. The number of carboxylic acid groups (broad SMARTS) is 1. The third-order valence-corrected chi connectivity index (χ3v) is 4.90. The number of nitrogens with zero attached hydrogens (tertiary/aromatic N) is 1. The van der Waals surface area contributed by atoms with Crippen molar-refractivity contribution in [2.75, 3.05) is 19.3 Å². The summed E-state index contributed by atoms with van der Waals surface area (Å²) in [4.78, 5) is 10.7. The van der Waals surface area contributed by atoms with Crippen LogP contribution < -0.4 is 5.73 Å². The highest BCUT2D eigenvalue weighted by Gasteiger charge is 2.23. The third-order valence-electron chi connectivity index (χ3n) is 2.97. The van der Waals surface area contributed by atoms with E-state index in [1.165, 1.54) is 23.5 Å². The zero-order chi connectivity index (χ0) is 15.5. The molecule has 6 nitrogen and oxygen atoms in total. The second kappa shape index (κ2) is 6.23. The summed E-state index contributed by atoms with van der Waals surface area (Å²) in [7, 11) is -2.20. The molecule has 3 N–H and O–H groups in total. The SMILES string of the molecule is CC(C)CCN(C)S(=O)(=O)c1ccc(C(=O)O)cc1N. The maximum absolute atomic E-state index is 12.3. The van der Waals surface area contributed by atoms with E-state index in [0.717, 1.165) is 12.5 Å². The zero-order valence-corrected chi connectivity index (χ0v) is 12.6. The predicted molar refractivity (Wildman–Crippen MR) is 77.1 cm³/mol. The van der Waals surface area contributed by atoms with E-state index in [2.05, 4.69) is 0 Å². The fourth-order valence-corrected chi connectivity index (χ4v) is 2.92. The maximum Gasteiger partial charge on any atom is 0.335 e. The summed E-state index contributed by atoms with van der Waals surface area (Å²) in [5, 5.41) is 8.84. The summed E-state index contributed by atoms with van der Waals surface area (Å²) in [6, 6.07) is 3.63. The number of hydrogen-bond donors (Lipinski definition) is 2. The number of aromatic carboxylic acids is 1. The van der Waals surface area contributed by atoms with Gasteiger partial charge in [0.2, 0.25) is 10.0 Å². The van der Waals surface area contributed by atoms with Crippen molar-refractivity contribution in [2.24, 2.45) is 5.92 Å². The molecule has 0 aliphatic rings. The molecule has 0 aliphatic carbocycles. The van der Waals surface area contributed by atoms with Gasteiger partial charge in [0.1, 0.15) is 4.90 Å². The molecule has 0 atom stereocenters. The van der Waals surface area contributed by atoms with Crippen LogP contribution in [-0.4, -0.2) is 37.4 Å². The van der Waals surface area contributed by atoms with Gasteiger partial charge in [-0.05, 0) is 30.5 Å². The molecule has 0 spiro atoms. The van der Waals surface area contributed by atoms with E-state index in [1.54, 1.807) is 0 Å².